The number of aliphatic hydroxyl groups is 2. The Labute approximate surface area is 205 Å². The SMILES string of the molecule is O=C1CCC(=O)N1CCCCCCc1ccc2c3cc(CO)ccc3c3cc(CO)ccc3c2c1. The van der Waals surface area contributed by atoms with Gasteiger partial charge >= 0.3 is 0 Å². The monoisotopic (exact) mass is 469 g/mol. The number of amides is 2. The number of carbonyl (C=O) groups is 2. The molecule has 0 saturated carbocycles. The first-order valence-electron chi connectivity index (χ1n) is 12.5. The smallest absolute Gasteiger partial charge is 0.229 e. The van der Waals surface area contributed by atoms with Gasteiger partial charge < -0.3 is 10.2 Å². The van der Waals surface area contributed by atoms with Crippen LogP contribution in [0.3, 0.4) is 0 Å². The number of imide groups is 1. The van der Waals surface area contributed by atoms with Gasteiger partial charge in [0, 0.05) is 19.4 Å². The van der Waals surface area contributed by atoms with Crippen molar-refractivity contribution < 1.29 is 19.8 Å². The predicted octanol–water partition coefficient (Wildman–Crippen LogP) is 5.38. The van der Waals surface area contributed by atoms with E-state index in [2.05, 4.69) is 42.5 Å². The number of nitrogens with zero attached hydrogens (tertiary/aromatic N) is 1. The Hall–Kier alpha value is -3.28. The van der Waals surface area contributed by atoms with Crippen molar-refractivity contribution in [1.82, 2.24) is 4.90 Å². The molecule has 0 radical (unpaired) electrons. The van der Waals surface area contributed by atoms with Crippen molar-refractivity contribution in [3.05, 3.63) is 71.3 Å². The van der Waals surface area contributed by atoms with Gasteiger partial charge in [-0.3, -0.25) is 14.5 Å². The minimum atomic E-state index is -0.0249. The molecule has 0 atom stereocenters. The van der Waals surface area contributed by atoms with Gasteiger partial charge in [-0.1, -0.05) is 55.3 Å². The first kappa shape index (κ1) is 23.5. The van der Waals surface area contributed by atoms with Crippen molar-refractivity contribution in [1.29, 1.82) is 0 Å². The first-order valence-corrected chi connectivity index (χ1v) is 12.5. The standard InChI is InChI=1S/C30H31NO4/c32-18-21-7-10-24-26-15-20(5-3-1-2-4-14-31-29(34)12-13-30(31)35)6-9-23(26)27-16-22(19-33)8-11-25(27)28(24)17-21/h6-11,15-17,32-33H,1-5,12-14,18-19H2. The third kappa shape index (κ3) is 4.66. The van der Waals surface area contributed by atoms with E-state index in [1.54, 1.807) is 0 Å². The van der Waals surface area contributed by atoms with Gasteiger partial charge in [0.2, 0.25) is 11.8 Å². The third-order valence-electron chi connectivity index (χ3n) is 7.24. The topological polar surface area (TPSA) is 77.8 Å². The lowest BCUT2D eigenvalue weighted by molar-refractivity contribution is -0.138. The maximum atomic E-state index is 11.7. The Balaban J connectivity index is 1.36. The normalized spacial score (nSPS) is 14.2. The van der Waals surface area contributed by atoms with E-state index in [0.717, 1.165) is 59.4 Å². The summed E-state index contributed by atoms with van der Waals surface area (Å²) in [5.41, 5.74) is 3.06. The number of aliphatic hydroxyl groups excluding tert-OH is 2. The number of benzene rings is 4. The Bertz CT molecular complexity index is 1370. The van der Waals surface area contributed by atoms with Crippen molar-refractivity contribution in [3.8, 4) is 0 Å². The molecule has 2 N–H and O–H groups in total. The summed E-state index contributed by atoms with van der Waals surface area (Å²) >= 11 is 0. The number of hydrogen-bond acceptors (Lipinski definition) is 4. The molecule has 1 heterocycles. The van der Waals surface area contributed by atoms with Gasteiger partial charge in [-0.05, 0) is 80.4 Å². The zero-order valence-corrected chi connectivity index (χ0v) is 19.9. The molecule has 2 amide bonds. The quantitative estimate of drug-likeness (QED) is 0.196. The molecule has 1 saturated heterocycles. The molecule has 4 aromatic rings. The van der Waals surface area contributed by atoms with Crippen LogP contribution in [0.5, 0.6) is 0 Å². The van der Waals surface area contributed by atoms with E-state index < -0.39 is 0 Å². The van der Waals surface area contributed by atoms with Crippen molar-refractivity contribution in [2.45, 2.75) is 58.2 Å². The fourth-order valence-electron chi connectivity index (χ4n) is 5.32. The number of hydrogen-bond donors (Lipinski definition) is 2. The molecule has 0 aliphatic carbocycles. The highest BCUT2D eigenvalue weighted by Gasteiger charge is 2.27. The van der Waals surface area contributed by atoms with Crippen LogP contribution in [0.4, 0.5) is 0 Å². The van der Waals surface area contributed by atoms with E-state index in [1.807, 2.05) is 12.1 Å². The van der Waals surface area contributed by atoms with Gasteiger partial charge in [-0.25, -0.2) is 0 Å². The molecule has 4 aromatic carbocycles. The number of likely N-dealkylation sites (tertiary alicyclic amines) is 1. The van der Waals surface area contributed by atoms with Crippen LogP contribution in [0.25, 0.3) is 32.3 Å². The fraction of sp³-hybridized carbons (Fsp3) is 0.333. The van der Waals surface area contributed by atoms with Crippen molar-refractivity contribution >= 4 is 44.1 Å². The Morgan fingerprint density at radius 1 is 0.571 bits per heavy atom. The largest absolute Gasteiger partial charge is 0.392 e. The molecule has 180 valence electrons. The highest BCUT2D eigenvalue weighted by atomic mass is 16.3. The summed E-state index contributed by atoms with van der Waals surface area (Å²) in [5, 5.41) is 26.3. The molecular weight excluding hydrogens is 438 g/mol. The second-order valence-corrected chi connectivity index (χ2v) is 9.56. The van der Waals surface area contributed by atoms with Crippen LogP contribution in [0.1, 0.15) is 55.2 Å². The predicted molar refractivity (Wildman–Crippen MR) is 139 cm³/mol. The molecule has 1 fully saturated rings. The summed E-state index contributed by atoms with van der Waals surface area (Å²) in [6.45, 7) is 0.562. The van der Waals surface area contributed by atoms with Crippen LogP contribution in [-0.4, -0.2) is 33.5 Å². The molecule has 5 nitrogen and oxygen atoms in total. The lowest BCUT2D eigenvalue weighted by Gasteiger charge is -2.14. The van der Waals surface area contributed by atoms with Crippen molar-refractivity contribution in [2.24, 2.45) is 0 Å². The van der Waals surface area contributed by atoms with Crippen LogP contribution in [-0.2, 0) is 29.2 Å². The molecule has 35 heavy (non-hydrogen) atoms. The second-order valence-electron chi connectivity index (χ2n) is 9.56. The Morgan fingerprint density at radius 3 is 1.54 bits per heavy atom. The molecule has 0 aromatic heterocycles. The van der Waals surface area contributed by atoms with Crippen LogP contribution in [0, 0.1) is 0 Å². The number of fused-ring (bicyclic) bond motifs is 6. The maximum Gasteiger partial charge on any atom is 0.229 e. The maximum absolute atomic E-state index is 11.7. The second kappa shape index (κ2) is 10.1. The van der Waals surface area contributed by atoms with E-state index >= 15 is 0 Å². The van der Waals surface area contributed by atoms with Gasteiger partial charge in [0.25, 0.3) is 0 Å². The molecule has 5 rings (SSSR count). The zero-order chi connectivity index (χ0) is 24.4. The van der Waals surface area contributed by atoms with Crippen LogP contribution in [0.2, 0.25) is 0 Å². The van der Waals surface area contributed by atoms with Crippen molar-refractivity contribution in [2.75, 3.05) is 6.54 Å². The molecule has 0 unspecified atom stereocenters. The lowest BCUT2D eigenvalue weighted by Crippen LogP contribution is -2.29. The number of aryl methyl sites for hydroxylation is 1. The molecule has 0 bridgehead atoms. The van der Waals surface area contributed by atoms with E-state index in [-0.39, 0.29) is 25.0 Å². The molecule has 5 heteroatoms. The summed E-state index contributed by atoms with van der Waals surface area (Å²) < 4.78 is 0. The van der Waals surface area contributed by atoms with Gasteiger partial charge in [0.15, 0.2) is 0 Å². The first-order chi connectivity index (χ1) is 17.1. The number of rotatable bonds is 9. The van der Waals surface area contributed by atoms with Crippen LogP contribution >= 0.6 is 0 Å². The number of carbonyl (C=O) groups excluding carboxylic acids is 2. The molecule has 1 aliphatic heterocycles. The zero-order valence-electron chi connectivity index (χ0n) is 19.9. The van der Waals surface area contributed by atoms with Gasteiger partial charge in [-0.15, -0.1) is 0 Å². The average Bonchev–Trinajstić information content (AvgIpc) is 3.22. The average molecular weight is 470 g/mol. The Kier molecular flexibility index (Phi) is 6.80. The van der Waals surface area contributed by atoms with E-state index in [0.29, 0.717) is 19.4 Å². The summed E-state index contributed by atoms with van der Waals surface area (Å²) in [4.78, 5) is 24.9. The minimum absolute atomic E-state index is 0.00428. The molecule has 1 aliphatic rings. The summed E-state index contributed by atoms with van der Waals surface area (Å²) in [7, 11) is 0. The fourth-order valence-corrected chi connectivity index (χ4v) is 5.32. The lowest BCUT2D eigenvalue weighted by atomic mass is 9.91. The van der Waals surface area contributed by atoms with E-state index in [1.165, 1.54) is 26.6 Å². The summed E-state index contributed by atoms with van der Waals surface area (Å²) in [6.07, 6.45) is 5.70. The third-order valence-corrected chi connectivity index (χ3v) is 7.24. The molecular formula is C30H31NO4. The van der Waals surface area contributed by atoms with Crippen LogP contribution < -0.4 is 0 Å². The Morgan fingerprint density at radius 2 is 1.03 bits per heavy atom. The minimum Gasteiger partial charge on any atom is -0.392 e. The van der Waals surface area contributed by atoms with Crippen molar-refractivity contribution in [3.63, 3.8) is 0 Å². The van der Waals surface area contributed by atoms with E-state index in [4.69, 9.17) is 0 Å². The highest BCUT2D eigenvalue weighted by molar-refractivity contribution is 6.25. The van der Waals surface area contributed by atoms with E-state index in [9.17, 15) is 19.8 Å². The number of unbranched alkanes of at least 4 members (excludes halogenated alkanes) is 3. The van der Waals surface area contributed by atoms with Crippen LogP contribution in [0.15, 0.2) is 54.6 Å². The van der Waals surface area contributed by atoms with Gasteiger partial charge in [0.1, 0.15) is 0 Å². The highest BCUT2D eigenvalue weighted by Crippen LogP contribution is 2.36. The summed E-state index contributed by atoms with van der Waals surface area (Å²) in [5.74, 6) is -0.0498. The molecule has 0 spiro atoms. The van der Waals surface area contributed by atoms with Gasteiger partial charge in [0.05, 0.1) is 13.2 Å². The summed E-state index contributed by atoms with van der Waals surface area (Å²) in [6, 6.07) is 18.9. The van der Waals surface area contributed by atoms with Gasteiger partial charge in [-0.2, -0.15) is 0 Å².